The number of nitrogens with one attached hydrogen (secondary N) is 1. The van der Waals surface area contributed by atoms with Crippen LogP contribution in [-0.2, 0) is 11.2 Å². The Morgan fingerprint density at radius 1 is 1.08 bits per heavy atom. The molecule has 0 aliphatic carbocycles. The first kappa shape index (κ1) is 18.8. The van der Waals surface area contributed by atoms with Crippen LogP contribution in [0, 0.1) is 6.92 Å². The molecule has 1 atom stereocenters. The molecule has 0 aromatic heterocycles. The summed E-state index contributed by atoms with van der Waals surface area (Å²) in [6.45, 7) is 6.93. The molecular weight excluding hydrogens is 314 g/mol. The molecule has 25 heavy (non-hydrogen) atoms. The van der Waals surface area contributed by atoms with Crippen molar-refractivity contribution in [1.82, 2.24) is 5.32 Å². The molecule has 0 spiro atoms. The lowest BCUT2D eigenvalue weighted by molar-refractivity contribution is -0.128. The third-order valence-electron chi connectivity index (χ3n) is 3.93. The number of ether oxygens (including phenoxy) is 2. The number of rotatable bonds is 9. The minimum absolute atomic E-state index is 0.117. The standard InChI is InChI=1S/C21H27NO3/c1-4-17-9-11-18(12-10-17)24-14-13-22-21(23)20(5-2)25-19-8-6-7-16(3)15-19/h6-12,15,20H,4-5,13-14H2,1-3H3,(H,22,23)/t20-/m0/s1. The fraction of sp³-hybridized carbons (Fsp3) is 0.381. The van der Waals surface area contributed by atoms with E-state index in [0.717, 1.165) is 17.7 Å². The lowest BCUT2D eigenvalue weighted by Crippen LogP contribution is -2.39. The van der Waals surface area contributed by atoms with Gasteiger partial charge in [-0.15, -0.1) is 0 Å². The summed E-state index contributed by atoms with van der Waals surface area (Å²) in [5.41, 5.74) is 2.38. The molecule has 4 heteroatoms. The quantitative estimate of drug-likeness (QED) is 0.704. The molecule has 1 N–H and O–H groups in total. The van der Waals surface area contributed by atoms with Gasteiger partial charge in [0.2, 0.25) is 0 Å². The Labute approximate surface area is 150 Å². The third kappa shape index (κ3) is 6.14. The van der Waals surface area contributed by atoms with Crippen LogP contribution in [0.1, 0.15) is 31.4 Å². The fourth-order valence-corrected chi connectivity index (χ4v) is 2.45. The van der Waals surface area contributed by atoms with Gasteiger partial charge in [0.15, 0.2) is 6.10 Å². The van der Waals surface area contributed by atoms with Crippen molar-refractivity contribution in [2.24, 2.45) is 0 Å². The Bertz CT molecular complexity index is 667. The van der Waals surface area contributed by atoms with Crippen LogP contribution >= 0.6 is 0 Å². The Balaban J connectivity index is 1.75. The van der Waals surface area contributed by atoms with Crippen LogP contribution in [0.3, 0.4) is 0 Å². The van der Waals surface area contributed by atoms with Gasteiger partial charge in [-0.1, -0.05) is 38.1 Å². The smallest absolute Gasteiger partial charge is 0.261 e. The topological polar surface area (TPSA) is 47.6 Å². The van der Waals surface area contributed by atoms with E-state index < -0.39 is 6.10 Å². The van der Waals surface area contributed by atoms with Crippen molar-refractivity contribution in [3.8, 4) is 11.5 Å². The van der Waals surface area contributed by atoms with E-state index in [1.165, 1.54) is 5.56 Å². The molecule has 0 saturated carbocycles. The van der Waals surface area contributed by atoms with Gasteiger partial charge < -0.3 is 14.8 Å². The number of hydrogen-bond donors (Lipinski definition) is 1. The Morgan fingerprint density at radius 3 is 2.48 bits per heavy atom. The second-order valence-corrected chi connectivity index (χ2v) is 5.97. The highest BCUT2D eigenvalue weighted by Crippen LogP contribution is 2.15. The van der Waals surface area contributed by atoms with Crippen LogP contribution in [0.25, 0.3) is 0 Å². The van der Waals surface area contributed by atoms with E-state index in [9.17, 15) is 4.79 Å². The lowest BCUT2D eigenvalue weighted by Gasteiger charge is -2.17. The van der Waals surface area contributed by atoms with Gasteiger partial charge >= 0.3 is 0 Å². The molecule has 0 aliphatic rings. The van der Waals surface area contributed by atoms with Crippen LogP contribution in [0.2, 0.25) is 0 Å². The van der Waals surface area contributed by atoms with Crippen molar-refractivity contribution in [3.05, 3.63) is 59.7 Å². The van der Waals surface area contributed by atoms with Crippen molar-refractivity contribution in [3.63, 3.8) is 0 Å². The van der Waals surface area contributed by atoms with Gasteiger partial charge in [0.05, 0.1) is 6.54 Å². The number of carbonyl (C=O) groups excluding carboxylic acids is 1. The van der Waals surface area contributed by atoms with Crippen LogP contribution in [0.5, 0.6) is 11.5 Å². The molecule has 0 fully saturated rings. The average Bonchev–Trinajstić information content (AvgIpc) is 2.63. The second-order valence-electron chi connectivity index (χ2n) is 5.97. The van der Waals surface area contributed by atoms with Crippen molar-refractivity contribution in [1.29, 1.82) is 0 Å². The summed E-state index contributed by atoms with van der Waals surface area (Å²) in [5, 5.41) is 2.87. The van der Waals surface area contributed by atoms with E-state index in [-0.39, 0.29) is 5.91 Å². The van der Waals surface area contributed by atoms with Gasteiger partial charge in [-0.25, -0.2) is 0 Å². The molecule has 0 bridgehead atoms. The minimum atomic E-state index is -0.495. The summed E-state index contributed by atoms with van der Waals surface area (Å²) in [5.74, 6) is 1.41. The molecular formula is C21H27NO3. The van der Waals surface area contributed by atoms with Crippen molar-refractivity contribution in [2.45, 2.75) is 39.7 Å². The fourth-order valence-electron chi connectivity index (χ4n) is 2.45. The zero-order valence-corrected chi connectivity index (χ0v) is 15.2. The number of hydrogen-bond acceptors (Lipinski definition) is 3. The Kier molecular flexibility index (Phi) is 7.33. The van der Waals surface area contributed by atoms with Gasteiger partial charge in [0.25, 0.3) is 5.91 Å². The first-order chi connectivity index (χ1) is 12.1. The molecule has 134 valence electrons. The first-order valence-electron chi connectivity index (χ1n) is 8.85. The monoisotopic (exact) mass is 341 g/mol. The number of carbonyl (C=O) groups is 1. The molecule has 0 saturated heterocycles. The second kappa shape index (κ2) is 9.72. The van der Waals surface area contributed by atoms with E-state index in [2.05, 4.69) is 24.4 Å². The normalized spacial score (nSPS) is 11.6. The number of amides is 1. The molecule has 0 heterocycles. The predicted molar refractivity (Wildman–Crippen MR) is 100 cm³/mol. The van der Waals surface area contributed by atoms with Crippen molar-refractivity contribution >= 4 is 5.91 Å². The first-order valence-corrected chi connectivity index (χ1v) is 8.85. The van der Waals surface area contributed by atoms with Crippen molar-refractivity contribution in [2.75, 3.05) is 13.2 Å². The number of benzene rings is 2. The van der Waals surface area contributed by atoms with Gasteiger partial charge in [-0.3, -0.25) is 4.79 Å². The molecule has 0 radical (unpaired) electrons. The maximum atomic E-state index is 12.3. The molecule has 0 unspecified atom stereocenters. The van der Waals surface area contributed by atoms with Crippen LogP contribution in [0.4, 0.5) is 0 Å². The maximum Gasteiger partial charge on any atom is 0.261 e. The van der Waals surface area contributed by atoms with E-state index in [0.29, 0.717) is 25.3 Å². The van der Waals surface area contributed by atoms with E-state index in [1.807, 2.05) is 50.2 Å². The molecule has 2 rings (SSSR count). The van der Waals surface area contributed by atoms with Gasteiger partial charge in [0, 0.05) is 0 Å². The summed E-state index contributed by atoms with van der Waals surface area (Å²) < 4.78 is 11.4. The van der Waals surface area contributed by atoms with Gasteiger partial charge in [-0.2, -0.15) is 0 Å². The molecule has 2 aromatic carbocycles. The Morgan fingerprint density at radius 2 is 1.84 bits per heavy atom. The summed E-state index contributed by atoms with van der Waals surface area (Å²) in [6, 6.07) is 15.7. The maximum absolute atomic E-state index is 12.3. The lowest BCUT2D eigenvalue weighted by atomic mass is 10.2. The van der Waals surface area contributed by atoms with Crippen LogP contribution in [0.15, 0.2) is 48.5 Å². The Hall–Kier alpha value is -2.49. The largest absolute Gasteiger partial charge is 0.492 e. The molecule has 2 aromatic rings. The SMILES string of the molecule is CCc1ccc(OCCNC(=O)[C@H](CC)Oc2cccc(C)c2)cc1. The van der Waals surface area contributed by atoms with Crippen LogP contribution < -0.4 is 14.8 Å². The summed E-state index contributed by atoms with van der Waals surface area (Å²) >= 11 is 0. The summed E-state index contributed by atoms with van der Waals surface area (Å²) in [4.78, 5) is 12.3. The molecule has 1 amide bonds. The van der Waals surface area contributed by atoms with Crippen molar-refractivity contribution < 1.29 is 14.3 Å². The van der Waals surface area contributed by atoms with E-state index in [4.69, 9.17) is 9.47 Å². The van der Waals surface area contributed by atoms with Crippen LogP contribution in [-0.4, -0.2) is 25.2 Å². The summed E-state index contributed by atoms with van der Waals surface area (Å²) in [6.07, 6.45) is 1.13. The zero-order valence-electron chi connectivity index (χ0n) is 15.2. The van der Waals surface area contributed by atoms with E-state index >= 15 is 0 Å². The van der Waals surface area contributed by atoms with Gasteiger partial charge in [-0.05, 0) is 55.2 Å². The highest BCUT2D eigenvalue weighted by atomic mass is 16.5. The molecule has 0 aliphatic heterocycles. The highest BCUT2D eigenvalue weighted by Gasteiger charge is 2.17. The average molecular weight is 341 g/mol. The molecule has 4 nitrogen and oxygen atoms in total. The van der Waals surface area contributed by atoms with Gasteiger partial charge in [0.1, 0.15) is 18.1 Å². The minimum Gasteiger partial charge on any atom is -0.492 e. The third-order valence-corrected chi connectivity index (χ3v) is 3.93. The zero-order chi connectivity index (χ0) is 18.1. The summed E-state index contributed by atoms with van der Waals surface area (Å²) in [7, 11) is 0. The number of aryl methyl sites for hydroxylation is 2. The highest BCUT2D eigenvalue weighted by molar-refractivity contribution is 5.81. The predicted octanol–water partition coefficient (Wildman–Crippen LogP) is 3.91. The van der Waals surface area contributed by atoms with E-state index in [1.54, 1.807) is 0 Å².